The van der Waals surface area contributed by atoms with Gasteiger partial charge in [0.05, 0.1) is 5.69 Å². The first kappa shape index (κ1) is 15.7. The first-order valence-electron chi connectivity index (χ1n) is 7.66. The highest BCUT2D eigenvalue weighted by Gasteiger charge is 2.28. The second kappa shape index (κ2) is 7.39. The van der Waals surface area contributed by atoms with Crippen molar-refractivity contribution in [3.05, 3.63) is 29.6 Å². The van der Waals surface area contributed by atoms with Crippen LogP contribution in [0.3, 0.4) is 0 Å². The summed E-state index contributed by atoms with van der Waals surface area (Å²) < 4.78 is 0. The zero-order chi connectivity index (χ0) is 13.1. The molecule has 0 aromatic carbocycles. The summed E-state index contributed by atoms with van der Waals surface area (Å²) in [4.78, 5) is 7.08. The van der Waals surface area contributed by atoms with Crippen LogP contribution in [0.1, 0.15) is 30.5 Å². The topological polar surface area (TPSA) is 28.2 Å². The van der Waals surface area contributed by atoms with Crippen molar-refractivity contribution in [3.63, 3.8) is 0 Å². The summed E-state index contributed by atoms with van der Waals surface area (Å²) >= 11 is 0. The van der Waals surface area contributed by atoms with Crippen LogP contribution in [-0.4, -0.2) is 36.1 Å². The lowest BCUT2D eigenvalue weighted by molar-refractivity contribution is 0.145. The van der Waals surface area contributed by atoms with E-state index >= 15 is 0 Å². The third kappa shape index (κ3) is 3.94. The smallest absolute Gasteiger partial charge is 0.0544 e. The van der Waals surface area contributed by atoms with E-state index in [1.807, 2.05) is 6.20 Å². The molecule has 0 spiro atoms. The van der Waals surface area contributed by atoms with E-state index in [1.54, 1.807) is 0 Å². The normalized spacial score (nSPS) is 24.6. The second-order valence-corrected chi connectivity index (χ2v) is 6.19. The Hall–Kier alpha value is -0.640. The van der Waals surface area contributed by atoms with E-state index < -0.39 is 0 Å². The molecular weight excluding hydrogens is 270 g/mol. The van der Waals surface area contributed by atoms with Crippen molar-refractivity contribution in [1.82, 2.24) is 15.2 Å². The third-order valence-corrected chi connectivity index (χ3v) is 4.76. The highest BCUT2D eigenvalue weighted by Crippen LogP contribution is 2.29. The molecule has 1 atom stereocenters. The number of aromatic nitrogens is 1. The monoisotopic (exact) mass is 295 g/mol. The molecule has 4 heteroatoms. The number of hydrogen-bond acceptors (Lipinski definition) is 3. The fraction of sp³-hybridized carbons (Fsp3) is 0.688. The molecule has 1 aromatic rings. The predicted octanol–water partition coefficient (Wildman–Crippen LogP) is 2.63. The van der Waals surface area contributed by atoms with Gasteiger partial charge >= 0.3 is 0 Å². The van der Waals surface area contributed by atoms with Crippen LogP contribution >= 0.6 is 12.4 Å². The van der Waals surface area contributed by atoms with Gasteiger partial charge < -0.3 is 5.32 Å². The Morgan fingerprint density at radius 1 is 1.20 bits per heavy atom. The number of pyridine rings is 1. The number of likely N-dealkylation sites (tertiary alicyclic amines) is 1. The van der Waals surface area contributed by atoms with Crippen molar-refractivity contribution in [1.29, 1.82) is 0 Å². The van der Waals surface area contributed by atoms with Gasteiger partial charge in [-0.05, 0) is 75.8 Å². The molecule has 0 aliphatic carbocycles. The quantitative estimate of drug-likeness (QED) is 0.929. The average molecular weight is 296 g/mol. The van der Waals surface area contributed by atoms with Gasteiger partial charge in [0.2, 0.25) is 0 Å². The molecule has 1 aromatic heterocycles. The molecule has 3 nitrogen and oxygen atoms in total. The fourth-order valence-corrected chi connectivity index (χ4v) is 3.48. The van der Waals surface area contributed by atoms with Crippen LogP contribution in [0.2, 0.25) is 0 Å². The van der Waals surface area contributed by atoms with Crippen LogP contribution in [0.15, 0.2) is 18.3 Å². The molecule has 112 valence electrons. The highest BCUT2D eigenvalue weighted by atomic mass is 35.5. The van der Waals surface area contributed by atoms with E-state index in [0.717, 1.165) is 18.4 Å². The lowest BCUT2D eigenvalue weighted by Gasteiger charge is -2.34. The average Bonchev–Trinajstić information content (AvgIpc) is 2.96. The van der Waals surface area contributed by atoms with Crippen LogP contribution in [0.25, 0.3) is 0 Å². The number of hydrogen-bond donors (Lipinski definition) is 1. The van der Waals surface area contributed by atoms with Gasteiger partial charge in [0.15, 0.2) is 0 Å². The second-order valence-electron chi connectivity index (χ2n) is 6.19. The Morgan fingerprint density at radius 3 is 2.60 bits per heavy atom. The first-order chi connectivity index (χ1) is 9.31. The number of rotatable bonds is 3. The standard InChI is InChI=1S/C16H25N3.ClH/c1-13-2-3-16(18-10-13)12-19-8-5-14(6-9-19)15-4-7-17-11-15;/h2-3,10,14-15,17H,4-9,11-12H2,1H3;1H. The maximum atomic E-state index is 4.52. The number of nitrogens with one attached hydrogen (secondary N) is 1. The number of nitrogens with zero attached hydrogens (tertiary/aromatic N) is 2. The van der Waals surface area contributed by atoms with Crippen LogP contribution in [0.5, 0.6) is 0 Å². The van der Waals surface area contributed by atoms with Crippen molar-refractivity contribution < 1.29 is 0 Å². The molecule has 2 fully saturated rings. The Morgan fingerprint density at radius 2 is 2.00 bits per heavy atom. The van der Waals surface area contributed by atoms with E-state index in [2.05, 4.69) is 34.3 Å². The van der Waals surface area contributed by atoms with Gasteiger partial charge in [-0.15, -0.1) is 12.4 Å². The predicted molar refractivity (Wildman–Crippen MR) is 85.2 cm³/mol. The summed E-state index contributed by atoms with van der Waals surface area (Å²) in [5, 5.41) is 3.50. The maximum absolute atomic E-state index is 4.52. The zero-order valence-corrected chi connectivity index (χ0v) is 13.2. The van der Waals surface area contributed by atoms with Crippen LogP contribution in [0.4, 0.5) is 0 Å². The molecular formula is C16H26ClN3. The van der Waals surface area contributed by atoms with Crippen molar-refractivity contribution >= 4 is 12.4 Å². The van der Waals surface area contributed by atoms with Crippen molar-refractivity contribution in [2.24, 2.45) is 11.8 Å². The van der Waals surface area contributed by atoms with Crippen LogP contribution in [0, 0.1) is 18.8 Å². The minimum atomic E-state index is 0. The molecule has 2 saturated heterocycles. The van der Waals surface area contributed by atoms with E-state index in [4.69, 9.17) is 0 Å². The molecule has 1 unspecified atom stereocenters. The molecule has 2 aliphatic heterocycles. The fourth-order valence-electron chi connectivity index (χ4n) is 3.48. The van der Waals surface area contributed by atoms with Gasteiger partial charge in [-0.3, -0.25) is 9.88 Å². The lowest BCUT2D eigenvalue weighted by Crippen LogP contribution is -2.36. The summed E-state index contributed by atoms with van der Waals surface area (Å²) in [6, 6.07) is 4.33. The van der Waals surface area contributed by atoms with Crippen LogP contribution in [-0.2, 0) is 6.54 Å². The minimum absolute atomic E-state index is 0. The Bertz CT molecular complexity index is 393. The van der Waals surface area contributed by atoms with Crippen molar-refractivity contribution in [3.8, 4) is 0 Å². The van der Waals surface area contributed by atoms with Gasteiger partial charge in [-0.2, -0.15) is 0 Å². The summed E-state index contributed by atoms with van der Waals surface area (Å²) in [6.45, 7) is 8.10. The van der Waals surface area contributed by atoms with Gasteiger partial charge in [0.1, 0.15) is 0 Å². The Kier molecular flexibility index (Phi) is 5.82. The van der Waals surface area contributed by atoms with E-state index in [-0.39, 0.29) is 12.4 Å². The van der Waals surface area contributed by atoms with Gasteiger partial charge in [-0.25, -0.2) is 0 Å². The molecule has 3 rings (SSSR count). The van der Waals surface area contributed by atoms with Crippen molar-refractivity contribution in [2.75, 3.05) is 26.2 Å². The summed E-state index contributed by atoms with van der Waals surface area (Å²) in [5.41, 5.74) is 2.46. The molecule has 0 radical (unpaired) electrons. The largest absolute Gasteiger partial charge is 0.316 e. The molecule has 2 aliphatic rings. The number of halogens is 1. The maximum Gasteiger partial charge on any atom is 0.0544 e. The Balaban J connectivity index is 0.00000147. The van der Waals surface area contributed by atoms with Gasteiger partial charge in [0, 0.05) is 12.7 Å². The molecule has 0 bridgehead atoms. The SMILES string of the molecule is Cc1ccc(CN2CCC(C3CCNC3)CC2)nc1.Cl. The first-order valence-corrected chi connectivity index (χ1v) is 7.66. The van der Waals surface area contributed by atoms with E-state index in [1.165, 1.54) is 56.7 Å². The van der Waals surface area contributed by atoms with Crippen LogP contribution < -0.4 is 5.32 Å². The summed E-state index contributed by atoms with van der Waals surface area (Å²) in [6.07, 6.45) is 6.12. The molecule has 1 N–H and O–H groups in total. The van der Waals surface area contributed by atoms with Crippen molar-refractivity contribution in [2.45, 2.75) is 32.7 Å². The number of piperidine rings is 1. The van der Waals surface area contributed by atoms with E-state index in [0.29, 0.717) is 0 Å². The van der Waals surface area contributed by atoms with Gasteiger partial charge in [-0.1, -0.05) is 6.07 Å². The molecule has 0 saturated carbocycles. The highest BCUT2D eigenvalue weighted by molar-refractivity contribution is 5.85. The third-order valence-electron chi connectivity index (χ3n) is 4.76. The minimum Gasteiger partial charge on any atom is -0.316 e. The molecule has 20 heavy (non-hydrogen) atoms. The summed E-state index contributed by atoms with van der Waals surface area (Å²) in [5.74, 6) is 1.90. The zero-order valence-electron chi connectivity index (χ0n) is 12.3. The molecule has 0 amide bonds. The number of aryl methyl sites for hydroxylation is 1. The molecule has 3 heterocycles. The Labute approximate surface area is 128 Å². The summed E-state index contributed by atoms with van der Waals surface area (Å²) in [7, 11) is 0. The van der Waals surface area contributed by atoms with E-state index in [9.17, 15) is 0 Å². The lowest BCUT2D eigenvalue weighted by atomic mass is 9.84. The van der Waals surface area contributed by atoms with Gasteiger partial charge in [0.25, 0.3) is 0 Å².